The van der Waals surface area contributed by atoms with Crippen LogP contribution in [0.1, 0.15) is 18.7 Å². The maximum atomic E-state index is 13.3. The van der Waals surface area contributed by atoms with Crippen molar-refractivity contribution in [1.82, 2.24) is 24.5 Å². The van der Waals surface area contributed by atoms with Crippen LogP contribution >= 0.6 is 12.4 Å². The van der Waals surface area contributed by atoms with Crippen LogP contribution in [-0.2, 0) is 6.54 Å². The molecule has 1 aliphatic carbocycles. The summed E-state index contributed by atoms with van der Waals surface area (Å²) < 4.78 is 16.7. The van der Waals surface area contributed by atoms with Crippen molar-refractivity contribution in [2.45, 2.75) is 32.4 Å². The molecule has 3 atom stereocenters. The van der Waals surface area contributed by atoms with E-state index in [1.807, 2.05) is 10.8 Å². The molecular formula is C19H21ClFN5O. The molecule has 1 aromatic carbocycles. The Morgan fingerprint density at radius 1 is 1.26 bits per heavy atom. The molecule has 6 nitrogen and oxygen atoms in total. The Bertz CT molecular complexity index is 1040. The molecule has 0 spiro atoms. The van der Waals surface area contributed by atoms with Crippen molar-refractivity contribution in [3.63, 3.8) is 0 Å². The Morgan fingerprint density at radius 2 is 2.04 bits per heavy atom. The van der Waals surface area contributed by atoms with Gasteiger partial charge in [0.25, 0.3) is 5.56 Å². The lowest BCUT2D eigenvalue weighted by Crippen LogP contribution is -2.32. The number of nitrogens with zero attached hydrogens (tertiary/aromatic N) is 4. The SMILES string of the molecule is Cc1nc2n(C[C@H]3C[C@H]4C[C@@H]3CN4)cc(-c3ccc(F)cc3)c(=O)n2n1.Cl. The van der Waals surface area contributed by atoms with Crippen molar-refractivity contribution in [3.8, 4) is 11.1 Å². The van der Waals surface area contributed by atoms with Gasteiger partial charge in [-0.15, -0.1) is 17.5 Å². The van der Waals surface area contributed by atoms with E-state index in [-0.39, 0.29) is 23.8 Å². The summed E-state index contributed by atoms with van der Waals surface area (Å²) in [5.41, 5.74) is 0.983. The Kier molecular flexibility index (Phi) is 4.52. The Hall–Kier alpha value is -2.25. The fourth-order valence-electron chi connectivity index (χ4n) is 4.49. The summed E-state index contributed by atoms with van der Waals surface area (Å²) in [5, 5.41) is 7.82. The summed E-state index contributed by atoms with van der Waals surface area (Å²) in [6.45, 7) is 3.68. The van der Waals surface area contributed by atoms with Crippen LogP contribution in [0.4, 0.5) is 4.39 Å². The fraction of sp³-hybridized carbons (Fsp3) is 0.421. The average Bonchev–Trinajstić information content (AvgIpc) is 3.33. The van der Waals surface area contributed by atoms with Crippen LogP contribution in [0.2, 0.25) is 0 Å². The number of halogens is 2. The first-order valence-electron chi connectivity index (χ1n) is 9.04. The van der Waals surface area contributed by atoms with Gasteiger partial charge in [0, 0.05) is 18.8 Å². The highest BCUT2D eigenvalue weighted by Crippen LogP contribution is 2.37. The molecule has 1 aliphatic heterocycles. The van der Waals surface area contributed by atoms with Crippen LogP contribution in [0.25, 0.3) is 16.9 Å². The summed E-state index contributed by atoms with van der Waals surface area (Å²) in [5.74, 6) is 2.08. The monoisotopic (exact) mass is 389 g/mol. The largest absolute Gasteiger partial charge is 0.316 e. The van der Waals surface area contributed by atoms with Crippen LogP contribution in [0.5, 0.6) is 0 Å². The van der Waals surface area contributed by atoms with Gasteiger partial charge in [-0.1, -0.05) is 12.1 Å². The molecule has 2 aliphatic rings. The van der Waals surface area contributed by atoms with Crippen molar-refractivity contribution in [3.05, 3.63) is 52.5 Å². The molecule has 1 N–H and O–H groups in total. The molecule has 27 heavy (non-hydrogen) atoms. The van der Waals surface area contributed by atoms with Gasteiger partial charge in [0.05, 0.1) is 5.56 Å². The number of fused-ring (bicyclic) bond motifs is 3. The number of hydrogen-bond donors (Lipinski definition) is 1. The van der Waals surface area contributed by atoms with Gasteiger partial charge < -0.3 is 9.88 Å². The molecule has 0 unspecified atom stereocenters. The maximum absolute atomic E-state index is 13.3. The van der Waals surface area contributed by atoms with Crippen LogP contribution in [-0.4, -0.2) is 31.8 Å². The molecule has 5 rings (SSSR count). The molecular weight excluding hydrogens is 369 g/mol. The first kappa shape index (κ1) is 18.1. The van der Waals surface area contributed by atoms with Gasteiger partial charge in [-0.05, 0) is 55.8 Å². The second kappa shape index (κ2) is 6.73. The van der Waals surface area contributed by atoms with Crippen LogP contribution < -0.4 is 10.9 Å². The van der Waals surface area contributed by atoms with E-state index >= 15 is 0 Å². The summed E-state index contributed by atoms with van der Waals surface area (Å²) >= 11 is 0. The van der Waals surface area contributed by atoms with Crippen molar-refractivity contribution in [2.75, 3.05) is 6.54 Å². The maximum Gasteiger partial charge on any atom is 0.283 e. The minimum atomic E-state index is -0.318. The van der Waals surface area contributed by atoms with Crippen molar-refractivity contribution in [1.29, 1.82) is 0 Å². The zero-order valence-electron chi connectivity index (χ0n) is 14.9. The zero-order chi connectivity index (χ0) is 17.8. The Morgan fingerprint density at radius 3 is 2.70 bits per heavy atom. The van der Waals surface area contributed by atoms with E-state index in [4.69, 9.17) is 0 Å². The summed E-state index contributed by atoms with van der Waals surface area (Å²) in [6.07, 6.45) is 4.25. The number of benzene rings is 1. The second-order valence-corrected chi connectivity index (χ2v) is 7.47. The highest BCUT2D eigenvalue weighted by atomic mass is 35.5. The fourth-order valence-corrected chi connectivity index (χ4v) is 4.49. The lowest BCUT2D eigenvalue weighted by molar-refractivity contribution is 0.312. The molecule has 1 saturated carbocycles. The molecule has 3 aromatic rings. The number of piperidine rings is 1. The smallest absolute Gasteiger partial charge is 0.283 e. The normalized spacial score (nSPS) is 23.7. The third kappa shape index (κ3) is 3.04. The lowest BCUT2D eigenvalue weighted by Gasteiger charge is -2.23. The van der Waals surface area contributed by atoms with Gasteiger partial charge in [-0.25, -0.2) is 4.39 Å². The molecule has 3 heterocycles. The lowest BCUT2D eigenvalue weighted by atomic mass is 9.95. The van der Waals surface area contributed by atoms with E-state index < -0.39 is 0 Å². The first-order valence-corrected chi connectivity index (χ1v) is 9.04. The number of aromatic nitrogens is 4. The van der Waals surface area contributed by atoms with E-state index in [0.717, 1.165) is 19.5 Å². The van der Waals surface area contributed by atoms with Crippen molar-refractivity contribution >= 4 is 18.2 Å². The van der Waals surface area contributed by atoms with Gasteiger partial charge in [-0.2, -0.15) is 9.50 Å². The van der Waals surface area contributed by atoms with Gasteiger partial charge in [0.15, 0.2) is 0 Å². The zero-order valence-corrected chi connectivity index (χ0v) is 15.7. The minimum absolute atomic E-state index is 0. The third-order valence-electron chi connectivity index (χ3n) is 5.76. The first-order chi connectivity index (χ1) is 12.6. The standard InChI is InChI=1S/C19H20FN5O.ClH/c1-11-22-19-24(9-14-7-16-6-13(14)8-21-16)10-17(18(26)25(19)23-11)12-2-4-15(20)5-3-12;/h2-5,10,13-14,16,21H,6-9H2,1H3;1H/t13-,14-,16-;/m1./s1. The highest BCUT2D eigenvalue weighted by molar-refractivity contribution is 5.85. The van der Waals surface area contributed by atoms with Crippen molar-refractivity contribution < 1.29 is 4.39 Å². The molecule has 0 radical (unpaired) electrons. The number of nitrogens with one attached hydrogen (secondary N) is 1. The average molecular weight is 390 g/mol. The van der Waals surface area contributed by atoms with Gasteiger partial charge in [0.2, 0.25) is 5.78 Å². The number of aryl methyl sites for hydroxylation is 1. The molecule has 8 heteroatoms. The Labute approximate surface area is 161 Å². The predicted molar refractivity (Wildman–Crippen MR) is 103 cm³/mol. The van der Waals surface area contributed by atoms with Crippen molar-refractivity contribution in [2.24, 2.45) is 11.8 Å². The van der Waals surface area contributed by atoms with Crippen LogP contribution in [0, 0.1) is 24.6 Å². The summed E-state index contributed by atoms with van der Waals surface area (Å²) in [7, 11) is 0. The highest BCUT2D eigenvalue weighted by Gasteiger charge is 2.39. The van der Waals surface area contributed by atoms with E-state index in [0.29, 0.717) is 40.6 Å². The van der Waals surface area contributed by atoms with Gasteiger partial charge in [-0.3, -0.25) is 4.79 Å². The predicted octanol–water partition coefficient (Wildman–Crippen LogP) is 2.43. The molecule has 2 aromatic heterocycles. The van der Waals surface area contributed by atoms with Crippen LogP contribution in [0.15, 0.2) is 35.3 Å². The molecule has 142 valence electrons. The van der Waals surface area contributed by atoms with E-state index in [1.165, 1.54) is 23.1 Å². The summed E-state index contributed by atoms with van der Waals surface area (Å²) in [6, 6.07) is 6.63. The quantitative estimate of drug-likeness (QED) is 0.747. The van der Waals surface area contributed by atoms with Gasteiger partial charge in [0.1, 0.15) is 11.6 Å². The molecule has 2 bridgehead atoms. The molecule has 2 fully saturated rings. The minimum Gasteiger partial charge on any atom is -0.316 e. The van der Waals surface area contributed by atoms with E-state index in [9.17, 15) is 9.18 Å². The van der Waals surface area contributed by atoms with Gasteiger partial charge >= 0.3 is 0 Å². The van der Waals surface area contributed by atoms with Crippen LogP contribution in [0.3, 0.4) is 0 Å². The third-order valence-corrected chi connectivity index (χ3v) is 5.76. The number of rotatable bonds is 3. The molecule has 0 amide bonds. The van der Waals surface area contributed by atoms with E-state index in [2.05, 4.69) is 15.4 Å². The second-order valence-electron chi connectivity index (χ2n) is 7.47. The summed E-state index contributed by atoms with van der Waals surface area (Å²) in [4.78, 5) is 17.4. The number of hydrogen-bond acceptors (Lipinski definition) is 4. The topological polar surface area (TPSA) is 64.2 Å². The van der Waals surface area contributed by atoms with E-state index in [1.54, 1.807) is 19.1 Å². The Balaban J connectivity index is 0.00000180. The molecule has 1 saturated heterocycles.